The number of nitrogens with one attached hydrogen (secondary N) is 1. The van der Waals surface area contributed by atoms with Crippen molar-refractivity contribution in [2.75, 3.05) is 7.05 Å². The lowest BCUT2D eigenvalue weighted by Crippen LogP contribution is -2.19. The lowest BCUT2D eigenvalue weighted by molar-refractivity contribution is 0.553. The van der Waals surface area contributed by atoms with Gasteiger partial charge in [0.15, 0.2) is 0 Å². The summed E-state index contributed by atoms with van der Waals surface area (Å²) in [6.45, 7) is 2.85. The quantitative estimate of drug-likeness (QED) is 0.912. The molecule has 0 amide bonds. The molecule has 0 saturated carbocycles. The SMILES string of the molecule is CCn1cc(C(Cc2cccc(Cl)c2F)NC)cn1. The van der Waals surface area contributed by atoms with Gasteiger partial charge in [-0.15, -0.1) is 0 Å². The van der Waals surface area contributed by atoms with E-state index in [1.165, 1.54) is 0 Å². The molecule has 5 heteroatoms. The highest BCUT2D eigenvalue weighted by atomic mass is 35.5. The average Bonchev–Trinajstić information content (AvgIpc) is 2.89. The standard InChI is InChI=1S/C14H17ClFN3/c1-3-19-9-11(8-18-19)13(17-2)7-10-5-4-6-12(15)14(10)16/h4-6,8-9,13,17H,3,7H2,1-2H3. The molecule has 0 aliphatic rings. The van der Waals surface area contributed by atoms with Gasteiger partial charge in [-0.1, -0.05) is 23.7 Å². The molecular weight excluding hydrogens is 265 g/mol. The van der Waals surface area contributed by atoms with Crippen molar-refractivity contribution in [1.82, 2.24) is 15.1 Å². The van der Waals surface area contributed by atoms with Gasteiger partial charge in [-0.2, -0.15) is 5.10 Å². The number of hydrogen-bond acceptors (Lipinski definition) is 2. The maximum absolute atomic E-state index is 13.9. The molecule has 0 bridgehead atoms. The van der Waals surface area contributed by atoms with Gasteiger partial charge in [-0.05, 0) is 32.0 Å². The van der Waals surface area contributed by atoms with Crippen molar-refractivity contribution in [2.24, 2.45) is 0 Å². The van der Waals surface area contributed by atoms with Crippen LogP contribution < -0.4 is 5.32 Å². The fraction of sp³-hybridized carbons (Fsp3) is 0.357. The third-order valence-corrected chi connectivity index (χ3v) is 3.48. The van der Waals surface area contributed by atoms with Gasteiger partial charge in [0.2, 0.25) is 0 Å². The molecule has 19 heavy (non-hydrogen) atoms. The summed E-state index contributed by atoms with van der Waals surface area (Å²) in [5.74, 6) is -0.340. The maximum Gasteiger partial charge on any atom is 0.145 e. The second-order valence-electron chi connectivity index (χ2n) is 4.39. The highest BCUT2D eigenvalue weighted by Crippen LogP contribution is 2.23. The maximum atomic E-state index is 13.9. The Balaban J connectivity index is 2.21. The zero-order valence-electron chi connectivity index (χ0n) is 11.0. The van der Waals surface area contributed by atoms with Gasteiger partial charge in [-0.3, -0.25) is 4.68 Å². The van der Waals surface area contributed by atoms with Gasteiger partial charge in [0.25, 0.3) is 0 Å². The van der Waals surface area contributed by atoms with Crippen LogP contribution in [0.5, 0.6) is 0 Å². The first-order chi connectivity index (χ1) is 9.15. The summed E-state index contributed by atoms with van der Waals surface area (Å²) in [5.41, 5.74) is 1.65. The topological polar surface area (TPSA) is 29.9 Å². The predicted molar refractivity (Wildman–Crippen MR) is 74.8 cm³/mol. The van der Waals surface area contributed by atoms with E-state index in [2.05, 4.69) is 10.4 Å². The monoisotopic (exact) mass is 281 g/mol. The molecule has 1 unspecified atom stereocenters. The molecular formula is C14H17ClFN3. The molecule has 2 rings (SSSR count). The zero-order valence-corrected chi connectivity index (χ0v) is 11.8. The number of halogens is 2. The Morgan fingerprint density at radius 2 is 2.26 bits per heavy atom. The van der Waals surface area contributed by atoms with Crippen molar-refractivity contribution in [2.45, 2.75) is 25.9 Å². The lowest BCUT2D eigenvalue weighted by Gasteiger charge is -2.15. The van der Waals surface area contributed by atoms with Crippen LogP contribution in [0.3, 0.4) is 0 Å². The molecule has 1 aromatic heterocycles. The second kappa shape index (κ2) is 6.17. The van der Waals surface area contributed by atoms with Gasteiger partial charge in [0.1, 0.15) is 5.82 Å². The van der Waals surface area contributed by atoms with E-state index < -0.39 is 0 Å². The van der Waals surface area contributed by atoms with E-state index in [1.807, 2.05) is 31.0 Å². The fourth-order valence-electron chi connectivity index (χ4n) is 2.05. The number of rotatable bonds is 5. The van der Waals surface area contributed by atoms with Crippen molar-refractivity contribution in [3.8, 4) is 0 Å². The molecule has 0 aliphatic carbocycles. The van der Waals surface area contributed by atoms with Crippen LogP contribution in [0.2, 0.25) is 5.02 Å². The first kappa shape index (κ1) is 14.0. The van der Waals surface area contributed by atoms with Crippen LogP contribution in [0.25, 0.3) is 0 Å². The smallest absolute Gasteiger partial charge is 0.145 e. The third-order valence-electron chi connectivity index (χ3n) is 3.18. The van der Waals surface area contributed by atoms with Crippen molar-refractivity contribution < 1.29 is 4.39 Å². The van der Waals surface area contributed by atoms with Crippen LogP contribution in [0.1, 0.15) is 24.1 Å². The first-order valence-corrected chi connectivity index (χ1v) is 6.66. The number of benzene rings is 1. The minimum atomic E-state index is -0.340. The van der Waals surface area contributed by atoms with E-state index in [9.17, 15) is 4.39 Å². The zero-order chi connectivity index (χ0) is 13.8. The molecule has 3 nitrogen and oxygen atoms in total. The van der Waals surface area contributed by atoms with Gasteiger partial charge < -0.3 is 5.32 Å². The molecule has 1 aromatic carbocycles. The number of nitrogens with zero attached hydrogens (tertiary/aromatic N) is 2. The summed E-state index contributed by atoms with van der Waals surface area (Å²) in [6, 6.07) is 5.11. The fourth-order valence-corrected chi connectivity index (χ4v) is 2.24. The molecule has 1 N–H and O–H groups in total. The number of aromatic nitrogens is 2. The number of likely N-dealkylation sites (N-methyl/N-ethyl adjacent to an activating group) is 1. The first-order valence-electron chi connectivity index (χ1n) is 6.28. The van der Waals surface area contributed by atoms with E-state index >= 15 is 0 Å². The average molecular weight is 282 g/mol. The largest absolute Gasteiger partial charge is 0.313 e. The Hall–Kier alpha value is -1.39. The van der Waals surface area contributed by atoms with Crippen LogP contribution in [0.4, 0.5) is 4.39 Å². The molecule has 0 radical (unpaired) electrons. The van der Waals surface area contributed by atoms with Crippen molar-refractivity contribution in [1.29, 1.82) is 0 Å². The summed E-state index contributed by atoms with van der Waals surface area (Å²) in [5, 5.41) is 7.59. The second-order valence-corrected chi connectivity index (χ2v) is 4.79. The van der Waals surface area contributed by atoms with Gasteiger partial charge in [-0.25, -0.2) is 4.39 Å². The molecule has 2 aromatic rings. The number of aryl methyl sites for hydroxylation is 1. The normalized spacial score (nSPS) is 12.6. The minimum absolute atomic E-state index is 0.0215. The molecule has 0 aliphatic heterocycles. The summed E-state index contributed by atoms with van der Waals surface area (Å²) >= 11 is 5.80. The Bertz CT molecular complexity index is 553. The predicted octanol–water partition coefficient (Wildman–Crippen LogP) is 3.20. The molecule has 1 heterocycles. The van der Waals surface area contributed by atoms with Crippen LogP contribution in [-0.2, 0) is 13.0 Å². The van der Waals surface area contributed by atoms with Crippen LogP contribution in [-0.4, -0.2) is 16.8 Å². The Labute approximate surface area is 117 Å². The van der Waals surface area contributed by atoms with Crippen molar-refractivity contribution >= 4 is 11.6 Å². The molecule has 102 valence electrons. The van der Waals surface area contributed by atoms with Gasteiger partial charge >= 0.3 is 0 Å². The Kier molecular flexibility index (Phi) is 4.56. The van der Waals surface area contributed by atoms with E-state index in [1.54, 1.807) is 18.2 Å². The van der Waals surface area contributed by atoms with Gasteiger partial charge in [0.05, 0.1) is 11.2 Å². The lowest BCUT2D eigenvalue weighted by atomic mass is 10.0. The molecule has 1 atom stereocenters. The highest BCUT2D eigenvalue weighted by Gasteiger charge is 2.15. The summed E-state index contributed by atoms with van der Waals surface area (Å²) in [4.78, 5) is 0. The Morgan fingerprint density at radius 3 is 2.89 bits per heavy atom. The van der Waals surface area contributed by atoms with Gasteiger partial charge in [0, 0.05) is 24.3 Å². The van der Waals surface area contributed by atoms with Crippen molar-refractivity contribution in [3.05, 3.63) is 52.6 Å². The van der Waals surface area contributed by atoms with E-state index in [4.69, 9.17) is 11.6 Å². The molecule has 0 saturated heterocycles. The Morgan fingerprint density at radius 1 is 1.47 bits per heavy atom. The summed E-state index contributed by atoms with van der Waals surface area (Å²) in [6.07, 6.45) is 4.33. The summed E-state index contributed by atoms with van der Waals surface area (Å²) < 4.78 is 15.8. The number of hydrogen-bond donors (Lipinski definition) is 1. The molecule has 0 fully saturated rings. The van der Waals surface area contributed by atoms with E-state index in [0.717, 1.165) is 12.1 Å². The van der Waals surface area contributed by atoms with E-state index in [-0.39, 0.29) is 16.9 Å². The van der Waals surface area contributed by atoms with Crippen molar-refractivity contribution in [3.63, 3.8) is 0 Å². The van der Waals surface area contributed by atoms with E-state index in [0.29, 0.717) is 12.0 Å². The van der Waals surface area contributed by atoms with Crippen LogP contribution in [0.15, 0.2) is 30.6 Å². The van der Waals surface area contributed by atoms with Crippen LogP contribution >= 0.6 is 11.6 Å². The van der Waals surface area contributed by atoms with Crippen LogP contribution in [0, 0.1) is 5.82 Å². The highest BCUT2D eigenvalue weighted by molar-refractivity contribution is 6.30. The minimum Gasteiger partial charge on any atom is -0.313 e. The third kappa shape index (κ3) is 3.14. The molecule has 0 spiro atoms. The summed E-state index contributed by atoms with van der Waals surface area (Å²) in [7, 11) is 1.86.